The minimum absolute atomic E-state index is 0.178. The number of aromatic amines is 1. The molecule has 0 spiro atoms. The van der Waals surface area contributed by atoms with Crippen molar-refractivity contribution < 1.29 is 33.0 Å². The van der Waals surface area contributed by atoms with E-state index in [4.69, 9.17) is 20.9 Å². The number of hydrogen-bond acceptors (Lipinski definition) is 5. The second-order valence-electron chi connectivity index (χ2n) is 6.48. The Morgan fingerprint density at radius 2 is 2.07 bits per heavy atom. The quantitative estimate of drug-likeness (QED) is 0.606. The Bertz CT molecular complexity index is 935. The van der Waals surface area contributed by atoms with Gasteiger partial charge in [-0.3, -0.25) is 4.79 Å². The van der Waals surface area contributed by atoms with Crippen LogP contribution in [0.4, 0.5) is 13.2 Å². The Morgan fingerprint density at radius 1 is 1.41 bits per heavy atom. The van der Waals surface area contributed by atoms with Crippen LogP contribution in [-0.4, -0.2) is 56.8 Å². The number of aromatic nitrogens is 1. The second-order valence-corrected chi connectivity index (χ2v) is 6.48. The van der Waals surface area contributed by atoms with E-state index in [1.807, 2.05) is 6.20 Å². The normalized spacial score (nSPS) is 17.3. The number of nitrogens with one attached hydrogen (secondary N) is 1. The van der Waals surface area contributed by atoms with Crippen molar-refractivity contribution in [3.63, 3.8) is 0 Å². The Kier molecular flexibility index (Phi) is 6.71. The highest BCUT2D eigenvalue weighted by atomic mass is 19.4. The topological polar surface area (TPSA) is 143 Å². The van der Waals surface area contributed by atoms with Crippen LogP contribution in [0.25, 0.3) is 10.9 Å². The van der Waals surface area contributed by atoms with Gasteiger partial charge in [-0.1, -0.05) is 0 Å². The van der Waals surface area contributed by atoms with Crippen LogP contribution in [0.5, 0.6) is 5.75 Å². The molecule has 2 heterocycles. The first-order valence-electron chi connectivity index (χ1n) is 8.59. The molecule has 0 bridgehead atoms. The number of carboxylic acids is 1. The van der Waals surface area contributed by atoms with Crippen molar-refractivity contribution in [2.75, 3.05) is 6.54 Å². The highest BCUT2D eigenvalue weighted by molar-refractivity contribution is 5.87. The molecule has 1 aromatic carbocycles. The molecular weight excluding hydrogens is 393 g/mol. The predicted octanol–water partition coefficient (Wildman–Crippen LogP) is 1.89. The van der Waals surface area contributed by atoms with Gasteiger partial charge < -0.3 is 25.8 Å². The lowest BCUT2D eigenvalue weighted by Gasteiger charge is -2.23. The van der Waals surface area contributed by atoms with Crippen molar-refractivity contribution in [3.05, 3.63) is 30.0 Å². The first-order valence-corrected chi connectivity index (χ1v) is 8.59. The lowest BCUT2D eigenvalue weighted by molar-refractivity contribution is -0.192. The number of carbonyl (C=O) groups excluding carboxylic acids is 1. The van der Waals surface area contributed by atoms with Gasteiger partial charge in [0.15, 0.2) is 0 Å². The first-order chi connectivity index (χ1) is 13.5. The van der Waals surface area contributed by atoms with Gasteiger partial charge in [0, 0.05) is 23.6 Å². The highest BCUT2D eigenvalue weighted by Gasteiger charge is 2.38. The molecular formula is C18H19F3N4O4. The summed E-state index contributed by atoms with van der Waals surface area (Å²) in [5.41, 5.74) is 7.84. The van der Waals surface area contributed by atoms with Gasteiger partial charge in [-0.2, -0.15) is 18.4 Å². The summed E-state index contributed by atoms with van der Waals surface area (Å²) < 4.78 is 31.7. The van der Waals surface area contributed by atoms with Crippen LogP contribution < -0.4 is 5.73 Å². The van der Waals surface area contributed by atoms with Crippen molar-refractivity contribution in [2.24, 2.45) is 5.73 Å². The number of carboxylic acid groups (broad SMARTS) is 1. The number of aromatic hydroxyl groups is 1. The average Bonchev–Trinajstić information content (AvgIpc) is 3.27. The number of aliphatic carboxylic acids is 1. The molecule has 29 heavy (non-hydrogen) atoms. The van der Waals surface area contributed by atoms with E-state index in [1.54, 1.807) is 23.1 Å². The van der Waals surface area contributed by atoms with Gasteiger partial charge in [0.2, 0.25) is 5.91 Å². The van der Waals surface area contributed by atoms with E-state index >= 15 is 0 Å². The van der Waals surface area contributed by atoms with E-state index in [0.717, 1.165) is 29.3 Å². The van der Waals surface area contributed by atoms with Crippen LogP contribution in [0.2, 0.25) is 0 Å². The van der Waals surface area contributed by atoms with E-state index < -0.39 is 18.2 Å². The number of benzene rings is 1. The third-order valence-corrected chi connectivity index (χ3v) is 4.44. The predicted molar refractivity (Wildman–Crippen MR) is 95.7 cm³/mol. The van der Waals surface area contributed by atoms with Crippen molar-refractivity contribution in [1.29, 1.82) is 5.26 Å². The maximum absolute atomic E-state index is 12.4. The Labute approximate surface area is 163 Å². The molecule has 1 aliphatic heterocycles. The summed E-state index contributed by atoms with van der Waals surface area (Å²) in [7, 11) is 0. The molecule has 2 atom stereocenters. The molecule has 2 aromatic rings. The van der Waals surface area contributed by atoms with Crippen LogP contribution in [-0.2, 0) is 16.0 Å². The largest absolute Gasteiger partial charge is 0.508 e. The minimum atomic E-state index is -5.08. The van der Waals surface area contributed by atoms with Gasteiger partial charge in [0.25, 0.3) is 0 Å². The fourth-order valence-corrected chi connectivity index (χ4v) is 3.04. The number of fused-ring (bicyclic) bond motifs is 1. The minimum Gasteiger partial charge on any atom is -0.508 e. The smallest absolute Gasteiger partial charge is 0.490 e. The van der Waals surface area contributed by atoms with Crippen molar-refractivity contribution >= 4 is 22.8 Å². The zero-order valence-corrected chi connectivity index (χ0v) is 15.1. The third-order valence-electron chi connectivity index (χ3n) is 4.44. The summed E-state index contributed by atoms with van der Waals surface area (Å²) in [6.07, 6.45) is -1.34. The summed E-state index contributed by atoms with van der Waals surface area (Å²) in [6, 6.07) is 6.17. The van der Waals surface area contributed by atoms with Crippen LogP contribution in [0, 0.1) is 11.3 Å². The molecule has 8 nitrogen and oxygen atoms in total. The third kappa shape index (κ3) is 5.39. The Hall–Kier alpha value is -3.26. The highest BCUT2D eigenvalue weighted by Crippen LogP contribution is 2.24. The van der Waals surface area contributed by atoms with Crippen LogP contribution >= 0.6 is 0 Å². The Morgan fingerprint density at radius 3 is 2.66 bits per heavy atom. The zero-order chi connectivity index (χ0) is 21.8. The summed E-state index contributed by atoms with van der Waals surface area (Å²) in [4.78, 5) is 26.0. The molecule has 1 saturated heterocycles. The standard InChI is InChI=1S/C16H18N4O2.C2HF3O2/c17-8-11-2-1-5-20(11)16(22)14(18)6-10-9-19-15-4-3-12(21)7-13(10)15;3-2(4,5)1(6)7/h3-4,7,9,11,14,19,21H,1-2,5-6,18H2;(H,6,7)/t11-,14-;/m0./s1. The molecule has 0 unspecified atom stereocenters. The number of rotatable bonds is 3. The Balaban J connectivity index is 0.000000370. The lowest BCUT2D eigenvalue weighted by Crippen LogP contribution is -2.46. The number of H-pyrrole nitrogens is 1. The average molecular weight is 412 g/mol. The number of alkyl halides is 3. The molecule has 0 aliphatic carbocycles. The number of halogens is 3. The number of phenolic OH excluding ortho intramolecular Hbond substituents is 1. The van der Waals surface area contributed by atoms with E-state index in [9.17, 15) is 23.1 Å². The van der Waals surface area contributed by atoms with Gasteiger partial charge in [0.05, 0.1) is 12.1 Å². The molecule has 3 rings (SSSR count). The van der Waals surface area contributed by atoms with E-state index in [1.165, 1.54) is 0 Å². The summed E-state index contributed by atoms with van der Waals surface area (Å²) in [6.45, 7) is 0.597. The molecule has 0 radical (unpaired) electrons. The van der Waals surface area contributed by atoms with Crippen LogP contribution in [0.3, 0.4) is 0 Å². The van der Waals surface area contributed by atoms with Gasteiger partial charge in [0.1, 0.15) is 11.8 Å². The molecule has 0 saturated carbocycles. The monoisotopic (exact) mass is 412 g/mol. The molecule has 11 heteroatoms. The molecule has 1 fully saturated rings. The maximum Gasteiger partial charge on any atom is 0.490 e. The molecule has 1 aliphatic rings. The molecule has 5 N–H and O–H groups in total. The molecule has 1 aromatic heterocycles. The fraction of sp³-hybridized carbons (Fsp3) is 0.389. The maximum atomic E-state index is 12.4. The molecule has 1 amide bonds. The van der Waals surface area contributed by atoms with Crippen LogP contribution in [0.1, 0.15) is 18.4 Å². The van der Waals surface area contributed by atoms with Gasteiger partial charge >= 0.3 is 12.1 Å². The zero-order valence-electron chi connectivity index (χ0n) is 15.1. The van der Waals surface area contributed by atoms with E-state index in [0.29, 0.717) is 13.0 Å². The summed E-state index contributed by atoms with van der Waals surface area (Å²) in [5, 5.41) is 26.7. The van der Waals surface area contributed by atoms with Crippen LogP contribution in [0.15, 0.2) is 24.4 Å². The summed E-state index contributed by atoms with van der Waals surface area (Å²) >= 11 is 0. The number of carbonyl (C=O) groups is 2. The number of phenols is 1. The summed E-state index contributed by atoms with van der Waals surface area (Å²) in [5.74, 6) is -2.76. The number of amides is 1. The van der Waals surface area contributed by atoms with Gasteiger partial charge in [-0.15, -0.1) is 0 Å². The number of hydrogen-bond donors (Lipinski definition) is 4. The van der Waals surface area contributed by atoms with Crippen molar-refractivity contribution in [2.45, 2.75) is 37.5 Å². The molecule has 156 valence electrons. The lowest BCUT2D eigenvalue weighted by atomic mass is 10.0. The number of nitriles is 1. The SMILES string of the molecule is N#C[C@@H]1CCCN1C(=O)[C@@H](N)Cc1c[nH]c2ccc(O)cc12.O=C(O)C(F)(F)F. The van der Waals surface area contributed by atoms with E-state index in [2.05, 4.69) is 11.1 Å². The van der Waals surface area contributed by atoms with Crippen molar-refractivity contribution in [1.82, 2.24) is 9.88 Å². The van der Waals surface area contributed by atoms with E-state index in [-0.39, 0.29) is 17.7 Å². The number of likely N-dealkylation sites (tertiary alicyclic amines) is 1. The fourth-order valence-electron chi connectivity index (χ4n) is 3.04. The second kappa shape index (κ2) is 8.83. The first kappa shape index (κ1) is 22.0. The van der Waals surface area contributed by atoms with Crippen molar-refractivity contribution in [3.8, 4) is 11.8 Å². The van der Waals surface area contributed by atoms with Gasteiger partial charge in [-0.05, 0) is 43.0 Å². The number of nitrogens with two attached hydrogens (primary N) is 1. The number of nitrogens with zero attached hydrogens (tertiary/aromatic N) is 2. The van der Waals surface area contributed by atoms with Gasteiger partial charge in [-0.25, -0.2) is 4.79 Å².